The molecule has 0 aliphatic carbocycles. The van der Waals surface area contributed by atoms with E-state index >= 15 is 0 Å². The average Bonchev–Trinajstić information content (AvgIpc) is 2.64. The van der Waals surface area contributed by atoms with Gasteiger partial charge in [-0.2, -0.15) is 0 Å². The van der Waals surface area contributed by atoms with E-state index in [2.05, 4.69) is 15.2 Å². The third-order valence-corrected chi connectivity index (χ3v) is 4.10. The van der Waals surface area contributed by atoms with Crippen LogP contribution >= 0.6 is 0 Å². The Morgan fingerprint density at radius 2 is 1.96 bits per heavy atom. The van der Waals surface area contributed by atoms with Gasteiger partial charge in [-0.1, -0.05) is 12.1 Å². The number of guanidine groups is 1. The van der Waals surface area contributed by atoms with Crippen LogP contribution in [0.25, 0.3) is 0 Å². The third kappa shape index (κ3) is 6.72. The van der Waals surface area contributed by atoms with E-state index in [0.717, 1.165) is 51.4 Å². The lowest BCUT2D eigenvalue weighted by Crippen LogP contribution is -2.39. The quantitative estimate of drug-likeness (QED) is 0.427. The Labute approximate surface area is 149 Å². The molecule has 1 fully saturated rings. The molecule has 7 heteroatoms. The molecule has 0 spiro atoms. The number of nitrogens with two attached hydrogens (primary N) is 1. The Bertz CT molecular complexity index is 565. The Balaban J connectivity index is 1.68. The van der Waals surface area contributed by atoms with Crippen molar-refractivity contribution in [2.75, 3.05) is 53.5 Å². The van der Waals surface area contributed by atoms with E-state index in [1.165, 1.54) is 0 Å². The van der Waals surface area contributed by atoms with Crippen molar-refractivity contribution in [1.29, 1.82) is 0 Å². The number of amides is 1. The minimum atomic E-state index is -0.00324. The number of rotatable bonds is 7. The summed E-state index contributed by atoms with van der Waals surface area (Å²) in [4.78, 5) is 20.1. The van der Waals surface area contributed by atoms with Gasteiger partial charge in [-0.25, -0.2) is 4.99 Å². The summed E-state index contributed by atoms with van der Waals surface area (Å²) in [5.41, 5.74) is 7.60. The highest BCUT2D eigenvalue weighted by atomic mass is 16.5. The van der Waals surface area contributed by atoms with Gasteiger partial charge in [0.2, 0.25) is 0 Å². The first-order valence-corrected chi connectivity index (χ1v) is 8.71. The monoisotopic (exact) mass is 347 g/mol. The van der Waals surface area contributed by atoms with Crippen LogP contribution in [0.2, 0.25) is 0 Å². The molecule has 1 aromatic carbocycles. The fraction of sp³-hybridized carbons (Fsp3) is 0.556. The minimum absolute atomic E-state index is 0.00324. The topological polar surface area (TPSA) is 83.2 Å². The summed E-state index contributed by atoms with van der Waals surface area (Å²) in [5.74, 6) is 0.451. The average molecular weight is 347 g/mol. The normalized spacial score (nSPS) is 15.8. The van der Waals surface area contributed by atoms with Gasteiger partial charge in [0, 0.05) is 39.3 Å². The largest absolute Gasteiger partial charge is 0.379 e. The number of hydrogen-bond acceptors (Lipinski definition) is 4. The molecule has 0 atom stereocenters. The van der Waals surface area contributed by atoms with Gasteiger partial charge in [-0.15, -0.1) is 0 Å². The van der Waals surface area contributed by atoms with Crippen LogP contribution in [-0.2, 0) is 11.3 Å². The van der Waals surface area contributed by atoms with Gasteiger partial charge >= 0.3 is 0 Å². The number of benzene rings is 1. The zero-order valence-corrected chi connectivity index (χ0v) is 15.2. The van der Waals surface area contributed by atoms with Crippen molar-refractivity contribution in [1.82, 2.24) is 15.1 Å². The van der Waals surface area contributed by atoms with Crippen molar-refractivity contribution in [3.8, 4) is 0 Å². The first kappa shape index (κ1) is 19.2. The highest BCUT2D eigenvalue weighted by Crippen LogP contribution is 2.07. The second-order valence-corrected chi connectivity index (χ2v) is 6.33. The fourth-order valence-electron chi connectivity index (χ4n) is 2.59. The van der Waals surface area contributed by atoms with Crippen molar-refractivity contribution in [2.45, 2.75) is 13.0 Å². The highest BCUT2D eigenvalue weighted by molar-refractivity contribution is 5.93. The fourth-order valence-corrected chi connectivity index (χ4v) is 2.59. The molecule has 0 unspecified atom stereocenters. The lowest BCUT2D eigenvalue weighted by Gasteiger charge is -2.26. The van der Waals surface area contributed by atoms with Crippen LogP contribution in [0.1, 0.15) is 22.3 Å². The number of nitrogens with one attached hydrogen (secondary N) is 1. The number of morpholine rings is 1. The molecule has 138 valence electrons. The highest BCUT2D eigenvalue weighted by Gasteiger charge is 2.09. The lowest BCUT2D eigenvalue weighted by atomic mass is 10.1. The molecule has 1 saturated heterocycles. The van der Waals surface area contributed by atoms with Crippen LogP contribution in [0.3, 0.4) is 0 Å². The molecular weight excluding hydrogens is 318 g/mol. The predicted molar refractivity (Wildman–Crippen MR) is 99.7 cm³/mol. The van der Waals surface area contributed by atoms with Crippen LogP contribution < -0.4 is 11.1 Å². The second kappa shape index (κ2) is 10.0. The molecule has 0 bridgehead atoms. The summed E-state index contributed by atoms with van der Waals surface area (Å²) in [7, 11) is 3.48. The number of carbonyl (C=O) groups is 1. The van der Waals surface area contributed by atoms with Crippen molar-refractivity contribution < 1.29 is 9.53 Å². The van der Waals surface area contributed by atoms with E-state index in [1.807, 2.05) is 24.3 Å². The predicted octanol–water partition coefficient (Wildman–Crippen LogP) is 0.515. The summed E-state index contributed by atoms with van der Waals surface area (Å²) in [6.07, 6.45) is 1.03. The van der Waals surface area contributed by atoms with Crippen molar-refractivity contribution in [2.24, 2.45) is 10.7 Å². The smallest absolute Gasteiger partial charge is 0.253 e. The minimum Gasteiger partial charge on any atom is -0.379 e. The summed E-state index contributed by atoms with van der Waals surface area (Å²) in [6, 6.07) is 7.45. The Morgan fingerprint density at radius 3 is 2.60 bits per heavy atom. The molecule has 0 saturated carbocycles. The number of hydrogen-bond donors (Lipinski definition) is 2. The number of aliphatic imine (C=N–C) groups is 1. The standard InChI is InChI=1S/C18H29N5O2/c1-22(2)17(24)16-6-4-15(5-7-16)14-21-18(19)20-8-3-9-23-10-12-25-13-11-23/h4-7H,3,8-14H2,1-2H3,(H3,19,20,21). The van der Waals surface area contributed by atoms with E-state index < -0.39 is 0 Å². The molecule has 2 rings (SSSR count). The zero-order chi connectivity index (χ0) is 18.1. The molecule has 25 heavy (non-hydrogen) atoms. The lowest BCUT2D eigenvalue weighted by molar-refractivity contribution is 0.0376. The maximum absolute atomic E-state index is 11.8. The summed E-state index contributed by atoms with van der Waals surface area (Å²) >= 11 is 0. The number of nitrogens with zero attached hydrogens (tertiary/aromatic N) is 3. The van der Waals surface area contributed by atoms with Gasteiger partial charge in [-0.3, -0.25) is 9.69 Å². The molecule has 1 aromatic rings. The molecule has 0 radical (unpaired) electrons. The zero-order valence-electron chi connectivity index (χ0n) is 15.2. The second-order valence-electron chi connectivity index (χ2n) is 6.33. The van der Waals surface area contributed by atoms with Gasteiger partial charge in [0.25, 0.3) is 5.91 Å². The Kier molecular flexibility index (Phi) is 7.69. The van der Waals surface area contributed by atoms with E-state index in [9.17, 15) is 4.79 Å². The van der Waals surface area contributed by atoms with Crippen molar-refractivity contribution in [3.05, 3.63) is 35.4 Å². The third-order valence-electron chi connectivity index (χ3n) is 4.10. The van der Waals surface area contributed by atoms with Crippen molar-refractivity contribution >= 4 is 11.9 Å². The van der Waals surface area contributed by atoms with Gasteiger partial charge in [0.05, 0.1) is 19.8 Å². The Morgan fingerprint density at radius 1 is 1.28 bits per heavy atom. The SMILES string of the molecule is CN(C)C(=O)c1ccc(CN=C(N)NCCCN2CCOCC2)cc1. The van der Waals surface area contributed by atoms with Gasteiger partial charge in [0.1, 0.15) is 0 Å². The maximum Gasteiger partial charge on any atom is 0.253 e. The molecular formula is C18H29N5O2. The molecule has 3 N–H and O–H groups in total. The molecule has 1 aliphatic rings. The number of ether oxygens (including phenoxy) is 1. The van der Waals surface area contributed by atoms with Crippen LogP contribution in [-0.4, -0.2) is 75.2 Å². The summed E-state index contributed by atoms with van der Waals surface area (Å²) in [5, 5.41) is 3.15. The summed E-state index contributed by atoms with van der Waals surface area (Å²) in [6.45, 7) is 6.03. The van der Waals surface area contributed by atoms with Gasteiger partial charge in [-0.05, 0) is 30.7 Å². The first-order chi connectivity index (χ1) is 12.1. The number of carbonyl (C=O) groups excluding carboxylic acids is 1. The van der Waals surface area contributed by atoms with E-state index in [0.29, 0.717) is 18.1 Å². The van der Waals surface area contributed by atoms with Crippen molar-refractivity contribution in [3.63, 3.8) is 0 Å². The van der Waals surface area contributed by atoms with Crippen LogP contribution in [0.15, 0.2) is 29.3 Å². The van der Waals surface area contributed by atoms with E-state index in [1.54, 1.807) is 19.0 Å². The molecule has 1 heterocycles. The Hall–Kier alpha value is -2.12. The van der Waals surface area contributed by atoms with Crippen LogP contribution in [0.5, 0.6) is 0 Å². The first-order valence-electron chi connectivity index (χ1n) is 8.71. The van der Waals surface area contributed by atoms with Gasteiger partial charge < -0.3 is 20.7 Å². The van der Waals surface area contributed by atoms with Gasteiger partial charge in [0.15, 0.2) is 5.96 Å². The van der Waals surface area contributed by atoms with Crippen LogP contribution in [0, 0.1) is 0 Å². The summed E-state index contributed by atoms with van der Waals surface area (Å²) < 4.78 is 5.33. The maximum atomic E-state index is 11.8. The molecule has 7 nitrogen and oxygen atoms in total. The molecule has 1 amide bonds. The van der Waals surface area contributed by atoms with E-state index in [-0.39, 0.29) is 5.91 Å². The van der Waals surface area contributed by atoms with Crippen LogP contribution in [0.4, 0.5) is 0 Å². The molecule has 1 aliphatic heterocycles. The molecule has 0 aromatic heterocycles. The van der Waals surface area contributed by atoms with E-state index in [4.69, 9.17) is 10.5 Å².